The van der Waals surface area contributed by atoms with Crippen LogP contribution in [0.3, 0.4) is 0 Å². The topological polar surface area (TPSA) is 29.3 Å². The Labute approximate surface area is 93.1 Å². The Hall–Kier alpha value is -1.02. The molecule has 0 saturated carbocycles. The van der Waals surface area contributed by atoms with Gasteiger partial charge in [0.15, 0.2) is 0 Å². The molecule has 1 aromatic carbocycles. The van der Waals surface area contributed by atoms with Crippen LogP contribution in [-0.4, -0.2) is 19.1 Å². The van der Waals surface area contributed by atoms with Gasteiger partial charge >= 0.3 is 0 Å². The largest absolute Gasteiger partial charge is 0.372 e. The van der Waals surface area contributed by atoms with Crippen LogP contribution in [0, 0.1) is 0 Å². The highest BCUT2D eigenvalue weighted by molar-refractivity contribution is 5.53. The second-order valence-electron chi connectivity index (χ2n) is 4.51. The molecular formula is C13H22N2. The Balaban J connectivity index is 2.95. The van der Waals surface area contributed by atoms with Crippen molar-refractivity contribution in [3.63, 3.8) is 0 Å². The second kappa shape index (κ2) is 5.17. The maximum Gasteiger partial charge on any atom is 0.0399 e. The Kier molecular flexibility index (Phi) is 4.15. The van der Waals surface area contributed by atoms with Crippen LogP contribution >= 0.6 is 0 Å². The zero-order valence-electron chi connectivity index (χ0n) is 10.2. The van der Waals surface area contributed by atoms with Crippen LogP contribution in [0.1, 0.15) is 26.3 Å². The summed E-state index contributed by atoms with van der Waals surface area (Å²) >= 11 is 0. The standard InChI is InChI=1S/C13H22N2/c1-10(2)15(4)13-8-6-5-7-12(13)9-11(3)14/h5-8,10-11H,9,14H2,1-4H3. The summed E-state index contributed by atoms with van der Waals surface area (Å²) in [5.41, 5.74) is 8.48. The van der Waals surface area contributed by atoms with E-state index in [1.807, 2.05) is 6.92 Å². The van der Waals surface area contributed by atoms with E-state index in [0.29, 0.717) is 6.04 Å². The van der Waals surface area contributed by atoms with Crippen LogP contribution in [0.5, 0.6) is 0 Å². The minimum absolute atomic E-state index is 0.215. The molecule has 0 spiro atoms. The summed E-state index contributed by atoms with van der Waals surface area (Å²) in [6.07, 6.45) is 0.938. The van der Waals surface area contributed by atoms with Crippen molar-refractivity contribution in [2.75, 3.05) is 11.9 Å². The molecule has 0 fully saturated rings. The van der Waals surface area contributed by atoms with Gasteiger partial charge in [-0.05, 0) is 38.8 Å². The summed E-state index contributed by atoms with van der Waals surface area (Å²) in [6.45, 7) is 6.44. The zero-order chi connectivity index (χ0) is 11.4. The van der Waals surface area contributed by atoms with Crippen molar-refractivity contribution in [2.45, 2.75) is 39.3 Å². The molecule has 15 heavy (non-hydrogen) atoms. The Morgan fingerprint density at radius 3 is 2.33 bits per heavy atom. The van der Waals surface area contributed by atoms with E-state index in [-0.39, 0.29) is 6.04 Å². The average Bonchev–Trinajstić information content (AvgIpc) is 2.16. The van der Waals surface area contributed by atoms with E-state index < -0.39 is 0 Å². The molecular weight excluding hydrogens is 184 g/mol. The van der Waals surface area contributed by atoms with Gasteiger partial charge < -0.3 is 10.6 Å². The SMILES string of the molecule is CC(N)Cc1ccccc1N(C)C(C)C. The summed E-state index contributed by atoms with van der Waals surface area (Å²) in [7, 11) is 2.13. The normalized spacial score (nSPS) is 12.9. The van der Waals surface area contributed by atoms with E-state index in [1.165, 1.54) is 11.3 Å². The lowest BCUT2D eigenvalue weighted by Gasteiger charge is -2.26. The molecule has 2 N–H and O–H groups in total. The number of anilines is 1. The van der Waals surface area contributed by atoms with Crippen LogP contribution in [0.2, 0.25) is 0 Å². The molecule has 1 rings (SSSR count). The molecule has 1 aromatic rings. The van der Waals surface area contributed by atoms with E-state index in [9.17, 15) is 0 Å². The molecule has 2 heteroatoms. The summed E-state index contributed by atoms with van der Waals surface area (Å²) < 4.78 is 0. The van der Waals surface area contributed by atoms with Gasteiger partial charge in [-0.2, -0.15) is 0 Å². The van der Waals surface area contributed by atoms with Gasteiger partial charge in [0, 0.05) is 24.8 Å². The van der Waals surface area contributed by atoms with E-state index in [2.05, 4.69) is 50.1 Å². The van der Waals surface area contributed by atoms with Gasteiger partial charge in [-0.3, -0.25) is 0 Å². The first-order chi connectivity index (χ1) is 7.02. The minimum Gasteiger partial charge on any atom is -0.372 e. The van der Waals surface area contributed by atoms with Crippen molar-refractivity contribution >= 4 is 5.69 Å². The number of hydrogen-bond donors (Lipinski definition) is 1. The highest BCUT2D eigenvalue weighted by atomic mass is 15.1. The van der Waals surface area contributed by atoms with E-state index in [0.717, 1.165) is 6.42 Å². The Morgan fingerprint density at radius 1 is 1.20 bits per heavy atom. The minimum atomic E-state index is 0.215. The fourth-order valence-electron chi connectivity index (χ4n) is 1.65. The first kappa shape index (κ1) is 12.1. The molecule has 0 saturated heterocycles. The number of nitrogens with two attached hydrogens (primary N) is 1. The lowest BCUT2D eigenvalue weighted by atomic mass is 10.0. The molecule has 84 valence electrons. The fraction of sp³-hybridized carbons (Fsp3) is 0.538. The van der Waals surface area contributed by atoms with Crippen LogP contribution in [-0.2, 0) is 6.42 Å². The first-order valence-corrected chi connectivity index (χ1v) is 5.58. The predicted molar refractivity (Wildman–Crippen MR) is 67.3 cm³/mol. The van der Waals surface area contributed by atoms with Crippen LogP contribution in [0.15, 0.2) is 24.3 Å². The highest BCUT2D eigenvalue weighted by Gasteiger charge is 2.10. The van der Waals surface area contributed by atoms with Crippen molar-refractivity contribution in [1.29, 1.82) is 0 Å². The molecule has 0 radical (unpaired) electrons. The van der Waals surface area contributed by atoms with Crippen LogP contribution in [0.25, 0.3) is 0 Å². The number of rotatable bonds is 4. The molecule has 1 atom stereocenters. The third-order valence-electron chi connectivity index (χ3n) is 2.69. The zero-order valence-corrected chi connectivity index (χ0v) is 10.2. The molecule has 0 aromatic heterocycles. The Morgan fingerprint density at radius 2 is 1.80 bits per heavy atom. The smallest absolute Gasteiger partial charge is 0.0399 e. The fourth-order valence-corrected chi connectivity index (χ4v) is 1.65. The molecule has 0 bridgehead atoms. The summed E-state index contributed by atoms with van der Waals surface area (Å²) in [5, 5.41) is 0. The first-order valence-electron chi connectivity index (χ1n) is 5.58. The van der Waals surface area contributed by atoms with Crippen molar-refractivity contribution < 1.29 is 0 Å². The number of para-hydroxylation sites is 1. The van der Waals surface area contributed by atoms with E-state index >= 15 is 0 Å². The second-order valence-corrected chi connectivity index (χ2v) is 4.51. The monoisotopic (exact) mass is 206 g/mol. The molecule has 0 heterocycles. The average molecular weight is 206 g/mol. The van der Waals surface area contributed by atoms with Crippen molar-refractivity contribution in [3.8, 4) is 0 Å². The number of nitrogens with zero attached hydrogens (tertiary/aromatic N) is 1. The molecule has 0 aliphatic carbocycles. The van der Waals surface area contributed by atoms with Crippen LogP contribution < -0.4 is 10.6 Å². The molecule has 1 unspecified atom stereocenters. The number of benzene rings is 1. The van der Waals surface area contributed by atoms with Gasteiger partial charge in [0.1, 0.15) is 0 Å². The lowest BCUT2D eigenvalue weighted by Crippen LogP contribution is -2.28. The van der Waals surface area contributed by atoms with Gasteiger partial charge in [-0.25, -0.2) is 0 Å². The predicted octanol–water partition coefficient (Wildman–Crippen LogP) is 2.42. The van der Waals surface area contributed by atoms with Gasteiger partial charge in [0.05, 0.1) is 0 Å². The van der Waals surface area contributed by atoms with Crippen molar-refractivity contribution in [1.82, 2.24) is 0 Å². The van der Waals surface area contributed by atoms with Gasteiger partial charge in [0.2, 0.25) is 0 Å². The summed E-state index contributed by atoms with van der Waals surface area (Å²) in [6, 6.07) is 9.22. The van der Waals surface area contributed by atoms with Gasteiger partial charge in [-0.1, -0.05) is 18.2 Å². The summed E-state index contributed by atoms with van der Waals surface area (Å²) in [5.74, 6) is 0. The van der Waals surface area contributed by atoms with Crippen molar-refractivity contribution in [2.24, 2.45) is 5.73 Å². The third kappa shape index (κ3) is 3.24. The Bertz CT molecular complexity index is 305. The van der Waals surface area contributed by atoms with Gasteiger partial charge in [0.25, 0.3) is 0 Å². The van der Waals surface area contributed by atoms with Gasteiger partial charge in [-0.15, -0.1) is 0 Å². The molecule has 2 nitrogen and oxygen atoms in total. The highest BCUT2D eigenvalue weighted by Crippen LogP contribution is 2.21. The third-order valence-corrected chi connectivity index (χ3v) is 2.69. The number of hydrogen-bond acceptors (Lipinski definition) is 2. The maximum atomic E-state index is 5.85. The van der Waals surface area contributed by atoms with Crippen molar-refractivity contribution in [3.05, 3.63) is 29.8 Å². The lowest BCUT2D eigenvalue weighted by molar-refractivity contribution is 0.717. The summed E-state index contributed by atoms with van der Waals surface area (Å²) in [4.78, 5) is 2.29. The van der Waals surface area contributed by atoms with E-state index in [4.69, 9.17) is 5.73 Å². The van der Waals surface area contributed by atoms with E-state index in [1.54, 1.807) is 0 Å². The quantitative estimate of drug-likeness (QED) is 0.819. The maximum absolute atomic E-state index is 5.85. The molecule has 0 aliphatic rings. The molecule has 0 amide bonds. The van der Waals surface area contributed by atoms with Crippen LogP contribution in [0.4, 0.5) is 5.69 Å². The molecule has 0 aliphatic heterocycles.